The van der Waals surface area contributed by atoms with Crippen molar-refractivity contribution in [3.8, 4) is 0 Å². The lowest BCUT2D eigenvalue weighted by molar-refractivity contribution is 0.563. The summed E-state index contributed by atoms with van der Waals surface area (Å²) >= 11 is 0. The second-order valence-corrected chi connectivity index (χ2v) is 6.03. The summed E-state index contributed by atoms with van der Waals surface area (Å²) in [5.41, 5.74) is 4.85. The highest BCUT2D eigenvalue weighted by Gasteiger charge is 2.22. The minimum absolute atomic E-state index is 0.706. The van der Waals surface area contributed by atoms with E-state index in [9.17, 15) is 0 Å². The number of aryl methyl sites for hydroxylation is 2. The monoisotopic (exact) mass is 285 g/mol. The Labute approximate surface area is 126 Å². The normalized spacial score (nSPS) is 14.4. The molecule has 21 heavy (non-hydrogen) atoms. The molecule has 0 aromatic carbocycles. The van der Waals surface area contributed by atoms with Gasteiger partial charge in [-0.25, -0.2) is 4.98 Å². The fourth-order valence-corrected chi connectivity index (χ4v) is 2.64. The van der Waals surface area contributed by atoms with Crippen LogP contribution in [0.5, 0.6) is 0 Å². The van der Waals surface area contributed by atoms with Gasteiger partial charge >= 0.3 is 0 Å². The highest BCUT2D eigenvalue weighted by Crippen LogP contribution is 2.25. The summed E-state index contributed by atoms with van der Waals surface area (Å²) in [6, 6.07) is 4.87. The van der Waals surface area contributed by atoms with Crippen molar-refractivity contribution in [2.24, 2.45) is 0 Å². The first-order chi connectivity index (χ1) is 10.1. The van der Waals surface area contributed by atoms with Gasteiger partial charge in [-0.3, -0.25) is 0 Å². The van der Waals surface area contributed by atoms with Gasteiger partial charge in [0.2, 0.25) is 0 Å². The third kappa shape index (κ3) is 3.45. The van der Waals surface area contributed by atoms with Gasteiger partial charge in [-0.1, -0.05) is 0 Å². The average molecular weight is 285 g/mol. The molecule has 4 nitrogen and oxygen atoms in total. The molecule has 0 radical (unpaired) electrons. The Balaban J connectivity index is 1.83. The molecular weight excluding hydrogens is 262 g/mol. The van der Waals surface area contributed by atoms with Crippen molar-refractivity contribution in [2.75, 3.05) is 11.9 Å². The molecule has 3 rings (SSSR count). The van der Waals surface area contributed by atoms with Crippen LogP contribution in [0.3, 0.4) is 0 Å². The van der Waals surface area contributed by atoms with Crippen LogP contribution in [0, 0.1) is 13.8 Å². The second kappa shape index (κ2) is 5.90. The first kappa shape index (κ1) is 14.1. The third-order valence-electron chi connectivity index (χ3n) is 3.96. The quantitative estimate of drug-likeness (QED) is 0.885. The van der Waals surface area contributed by atoms with Crippen molar-refractivity contribution in [2.45, 2.75) is 45.8 Å². The van der Waals surface area contributed by atoms with Crippen molar-refractivity contribution >= 4 is 5.82 Å². The molecule has 2 aromatic heterocycles. The molecule has 2 heterocycles. The van der Waals surface area contributed by atoms with Crippen LogP contribution in [0.15, 0.2) is 29.1 Å². The molecule has 0 bridgehead atoms. The molecule has 0 unspecified atom stereocenters. The summed E-state index contributed by atoms with van der Waals surface area (Å²) < 4.78 is 5.16. The van der Waals surface area contributed by atoms with E-state index in [4.69, 9.17) is 9.40 Å². The first-order valence-corrected chi connectivity index (χ1v) is 7.56. The topological polar surface area (TPSA) is 41.3 Å². The molecule has 0 spiro atoms. The van der Waals surface area contributed by atoms with Crippen molar-refractivity contribution in [3.63, 3.8) is 0 Å². The lowest BCUT2D eigenvalue weighted by Gasteiger charge is -2.23. The maximum Gasteiger partial charge on any atom is 0.133 e. The molecule has 0 saturated heterocycles. The molecular formula is C17H23N3O. The van der Waals surface area contributed by atoms with Gasteiger partial charge in [-0.2, -0.15) is 0 Å². The maximum absolute atomic E-state index is 5.16. The first-order valence-electron chi connectivity index (χ1n) is 7.56. The summed E-state index contributed by atoms with van der Waals surface area (Å²) in [6.45, 7) is 5.94. The Kier molecular flexibility index (Phi) is 3.97. The van der Waals surface area contributed by atoms with Crippen molar-refractivity contribution in [3.05, 3.63) is 47.0 Å². The number of hydrogen-bond donors (Lipinski definition) is 1. The van der Waals surface area contributed by atoms with E-state index in [0.29, 0.717) is 6.04 Å². The summed E-state index contributed by atoms with van der Waals surface area (Å²) in [5.74, 6) is 1.07. The Morgan fingerprint density at radius 2 is 2.19 bits per heavy atom. The van der Waals surface area contributed by atoms with E-state index in [1.165, 1.54) is 29.5 Å². The minimum atomic E-state index is 0.706. The number of hydrogen-bond acceptors (Lipinski definition) is 4. The zero-order valence-corrected chi connectivity index (χ0v) is 13.0. The molecule has 1 fully saturated rings. The number of nitrogens with zero attached hydrogens (tertiary/aromatic N) is 2. The van der Waals surface area contributed by atoms with Gasteiger partial charge in [-0.15, -0.1) is 0 Å². The standard InChI is InChI=1S/C17H23N3O/c1-12-8-13(2)19-17(16(12)9-18-15-4-5-15)20(3)10-14-6-7-21-11-14/h6-8,11,15,18H,4-5,9-10H2,1-3H3. The van der Waals surface area contributed by atoms with Crippen LogP contribution >= 0.6 is 0 Å². The Bertz CT molecular complexity index is 603. The molecule has 4 heteroatoms. The Morgan fingerprint density at radius 3 is 2.86 bits per heavy atom. The van der Waals surface area contributed by atoms with Gasteiger partial charge in [0.1, 0.15) is 5.82 Å². The predicted octanol–water partition coefficient (Wildman–Crippen LogP) is 3.18. The molecule has 0 atom stereocenters. The van der Waals surface area contributed by atoms with Gasteiger partial charge in [0.25, 0.3) is 0 Å². The third-order valence-corrected chi connectivity index (χ3v) is 3.96. The lowest BCUT2D eigenvalue weighted by Crippen LogP contribution is -2.23. The number of rotatable bonds is 6. The SMILES string of the molecule is Cc1cc(C)c(CNC2CC2)c(N(C)Cc2ccoc2)n1. The number of pyridine rings is 1. The highest BCUT2D eigenvalue weighted by atomic mass is 16.3. The van der Waals surface area contributed by atoms with Crippen molar-refractivity contribution in [1.29, 1.82) is 0 Å². The van der Waals surface area contributed by atoms with Crippen molar-refractivity contribution < 1.29 is 4.42 Å². The van der Waals surface area contributed by atoms with Gasteiger partial charge in [0, 0.05) is 43.0 Å². The molecule has 1 saturated carbocycles. The van der Waals surface area contributed by atoms with Crippen LogP contribution in [0.2, 0.25) is 0 Å². The molecule has 1 N–H and O–H groups in total. The Hall–Kier alpha value is -1.81. The average Bonchev–Trinajstić information content (AvgIpc) is 3.13. The van der Waals surface area contributed by atoms with Crippen molar-refractivity contribution in [1.82, 2.24) is 10.3 Å². The van der Waals surface area contributed by atoms with Gasteiger partial charge in [0.05, 0.1) is 12.5 Å². The number of furan rings is 1. The second-order valence-electron chi connectivity index (χ2n) is 6.03. The fraction of sp³-hybridized carbons (Fsp3) is 0.471. The summed E-state index contributed by atoms with van der Waals surface area (Å²) in [7, 11) is 2.09. The van der Waals surface area contributed by atoms with Gasteiger partial charge < -0.3 is 14.6 Å². The molecule has 0 amide bonds. The molecule has 1 aliphatic rings. The molecule has 2 aromatic rings. The summed E-state index contributed by atoms with van der Waals surface area (Å²) in [4.78, 5) is 6.97. The van der Waals surface area contributed by atoms with E-state index in [1.54, 1.807) is 12.5 Å². The van der Waals surface area contributed by atoms with Crippen LogP contribution in [0.25, 0.3) is 0 Å². The fourth-order valence-electron chi connectivity index (χ4n) is 2.64. The van der Waals surface area contributed by atoms with Crippen LogP contribution < -0.4 is 10.2 Å². The highest BCUT2D eigenvalue weighted by molar-refractivity contribution is 5.51. The zero-order valence-electron chi connectivity index (χ0n) is 13.0. The van der Waals surface area contributed by atoms with Gasteiger partial charge in [0.15, 0.2) is 0 Å². The number of nitrogens with one attached hydrogen (secondary N) is 1. The number of aromatic nitrogens is 1. The van der Waals surface area contributed by atoms with Crippen LogP contribution in [0.1, 0.15) is 35.2 Å². The maximum atomic E-state index is 5.16. The minimum Gasteiger partial charge on any atom is -0.472 e. The smallest absolute Gasteiger partial charge is 0.133 e. The predicted molar refractivity (Wildman–Crippen MR) is 84.4 cm³/mol. The lowest BCUT2D eigenvalue weighted by atomic mass is 10.1. The van der Waals surface area contributed by atoms with E-state index in [-0.39, 0.29) is 0 Å². The van der Waals surface area contributed by atoms with Gasteiger partial charge in [-0.05, 0) is 44.4 Å². The van der Waals surface area contributed by atoms with E-state index in [1.807, 2.05) is 6.07 Å². The van der Waals surface area contributed by atoms with E-state index >= 15 is 0 Å². The molecule has 112 valence electrons. The van der Waals surface area contributed by atoms with Crippen LogP contribution in [-0.4, -0.2) is 18.1 Å². The largest absolute Gasteiger partial charge is 0.472 e. The summed E-state index contributed by atoms with van der Waals surface area (Å²) in [6.07, 6.45) is 6.12. The van der Waals surface area contributed by atoms with Crippen LogP contribution in [0.4, 0.5) is 5.82 Å². The number of anilines is 1. The van der Waals surface area contributed by atoms with E-state index < -0.39 is 0 Å². The summed E-state index contributed by atoms with van der Waals surface area (Å²) in [5, 5.41) is 3.60. The molecule has 1 aliphatic carbocycles. The molecule has 0 aliphatic heterocycles. The van der Waals surface area contributed by atoms with E-state index in [0.717, 1.165) is 24.6 Å². The van der Waals surface area contributed by atoms with E-state index in [2.05, 4.69) is 37.2 Å². The Morgan fingerprint density at radius 1 is 1.38 bits per heavy atom. The van der Waals surface area contributed by atoms with Crippen LogP contribution in [-0.2, 0) is 13.1 Å². The zero-order chi connectivity index (χ0) is 14.8.